The van der Waals surface area contributed by atoms with E-state index in [0.29, 0.717) is 26.4 Å². The van der Waals surface area contributed by atoms with Crippen LogP contribution in [0.2, 0.25) is 0 Å². The summed E-state index contributed by atoms with van der Waals surface area (Å²) in [5.74, 6) is 0. The van der Waals surface area contributed by atoms with E-state index in [2.05, 4.69) is 15.1 Å². The molecular weight excluding hydrogens is 332 g/mol. The highest BCUT2D eigenvalue weighted by Gasteiger charge is 2.34. The highest BCUT2D eigenvalue weighted by molar-refractivity contribution is 7.89. The Morgan fingerprint density at radius 3 is 2.96 bits per heavy atom. The molecule has 0 bridgehead atoms. The Bertz CT molecular complexity index is 628. The molecule has 0 amide bonds. The molecule has 24 heavy (non-hydrogen) atoms. The Morgan fingerprint density at radius 1 is 1.50 bits per heavy atom. The van der Waals surface area contributed by atoms with E-state index in [1.54, 1.807) is 18.0 Å². The van der Waals surface area contributed by atoms with Crippen molar-refractivity contribution in [1.82, 2.24) is 19.8 Å². The number of nitrogens with one attached hydrogen (secondary N) is 2. The Labute approximate surface area is 142 Å². The summed E-state index contributed by atoms with van der Waals surface area (Å²) in [5, 5.41) is 7.50. The summed E-state index contributed by atoms with van der Waals surface area (Å²) in [6.45, 7) is 3.96. The Kier molecular flexibility index (Phi) is 5.56. The van der Waals surface area contributed by atoms with Gasteiger partial charge in [-0.15, -0.1) is 0 Å². The molecule has 136 valence electrons. The summed E-state index contributed by atoms with van der Waals surface area (Å²) < 4.78 is 40.3. The third kappa shape index (κ3) is 3.97. The van der Waals surface area contributed by atoms with Crippen LogP contribution in [0.1, 0.15) is 25.3 Å². The molecule has 0 radical (unpaired) electrons. The lowest BCUT2D eigenvalue weighted by molar-refractivity contribution is 0.0577. The van der Waals surface area contributed by atoms with Gasteiger partial charge in [0.2, 0.25) is 10.0 Å². The first-order valence-electron chi connectivity index (χ1n) is 8.36. The average Bonchev–Trinajstić information content (AvgIpc) is 3.26. The highest BCUT2D eigenvalue weighted by Crippen LogP contribution is 2.29. The largest absolute Gasteiger partial charge is 0.384 e. The number of nitrogens with zero attached hydrogens (tertiary/aromatic N) is 2. The fraction of sp³-hybridized carbons (Fsp3) is 0.800. The second kappa shape index (κ2) is 7.49. The first-order valence-corrected chi connectivity index (χ1v) is 9.84. The van der Waals surface area contributed by atoms with Crippen LogP contribution in [-0.4, -0.2) is 64.8 Å². The molecule has 2 fully saturated rings. The molecule has 0 aliphatic carbocycles. The van der Waals surface area contributed by atoms with E-state index in [4.69, 9.17) is 9.47 Å². The SMILES string of the molecule is COCC1(CNS(=O)(=O)c2cnn(C3CCOC3)c2)CCNCC1. The molecule has 1 unspecified atom stereocenters. The molecule has 0 saturated carbocycles. The van der Waals surface area contributed by atoms with Crippen LogP contribution in [0.4, 0.5) is 0 Å². The van der Waals surface area contributed by atoms with Crippen LogP contribution in [0, 0.1) is 5.41 Å². The summed E-state index contributed by atoms with van der Waals surface area (Å²) in [4.78, 5) is 0.205. The number of piperidine rings is 1. The van der Waals surface area contributed by atoms with Gasteiger partial charge >= 0.3 is 0 Å². The molecule has 1 aromatic heterocycles. The fourth-order valence-corrected chi connectivity index (χ4v) is 4.45. The minimum atomic E-state index is -3.57. The summed E-state index contributed by atoms with van der Waals surface area (Å²) in [6.07, 6.45) is 5.64. The van der Waals surface area contributed by atoms with E-state index in [1.165, 1.54) is 6.20 Å². The second-order valence-corrected chi connectivity index (χ2v) is 8.45. The van der Waals surface area contributed by atoms with Crippen molar-refractivity contribution in [3.63, 3.8) is 0 Å². The van der Waals surface area contributed by atoms with Crippen molar-refractivity contribution in [2.45, 2.75) is 30.2 Å². The molecular formula is C15H26N4O4S. The number of rotatable bonds is 7. The van der Waals surface area contributed by atoms with E-state index in [9.17, 15) is 8.42 Å². The molecule has 2 saturated heterocycles. The number of sulfonamides is 1. The van der Waals surface area contributed by atoms with Gasteiger partial charge in [0.25, 0.3) is 0 Å². The summed E-state index contributed by atoms with van der Waals surface area (Å²) >= 11 is 0. The van der Waals surface area contributed by atoms with Gasteiger partial charge in [0.05, 0.1) is 25.5 Å². The maximum Gasteiger partial charge on any atom is 0.243 e. The molecule has 3 heterocycles. The molecule has 0 aromatic carbocycles. The van der Waals surface area contributed by atoms with Crippen molar-refractivity contribution in [2.75, 3.05) is 46.6 Å². The van der Waals surface area contributed by atoms with E-state index in [1.807, 2.05) is 0 Å². The van der Waals surface area contributed by atoms with E-state index >= 15 is 0 Å². The number of hydrogen-bond acceptors (Lipinski definition) is 6. The Morgan fingerprint density at radius 2 is 2.29 bits per heavy atom. The van der Waals surface area contributed by atoms with E-state index in [0.717, 1.165) is 32.4 Å². The second-order valence-electron chi connectivity index (χ2n) is 6.68. The summed E-state index contributed by atoms with van der Waals surface area (Å²) in [7, 11) is -1.92. The third-order valence-electron chi connectivity index (χ3n) is 4.92. The smallest absolute Gasteiger partial charge is 0.243 e. The molecule has 3 rings (SSSR count). The van der Waals surface area contributed by atoms with Gasteiger partial charge < -0.3 is 14.8 Å². The van der Waals surface area contributed by atoms with Crippen molar-refractivity contribution < 1.29 is 17.9 Å². The van der Waals surface area contributed by atoms with Gasteiger partial charge in [0.1, 0.15) is 4.90 Å². The number of ether oxygens (including phenoxy) is 2. The van der Waals surface area contributed by atoms with Crippen molar-refractivity contribution in [1.29, 1.82) is 0 Å². The third-order valence-corrected chi connectivity index (χ3v) is 6.28. The van der Waals surface area contributed by atoms with Crippen LogP contribution in [-0.2, 0) is 19.5 Å². The van der Waals surface area contributed by atoms with Gasteiger partial charge in [0.15, 0.2) is 0 Å². The van der Waals surface area contributed by atoms with Gasteiger partial charge in [0, 0.05) is 31.9 Å². The zero-order valence-electron chi connectivity index (χ0n) is 14.0. The van der Waals surface area contributed by atoms with Gasteiger partial charge in [-0.3, -0.25) is 4.68 Å². The molecule has 1 aromatic rings. The normalized spacial score (nSPS) is 24.3. The highest BCUT2D eigenvalue weighted by atomic mass is 32.2. The lowest BCUT2D eigenvalue weighted by atomic mass is 9.80. The van der Waals surface area contributed by atoms with Crippen molar-refractivity contribution in [2.24, 2.45) is 5.41 Å². The quantitative estimate of drug-likeness (QED) is 0.720. The van der Waals surface area contributed by atoms with Crippen LogP contribution in [0.3, 0.4) is 0 Å². The van der Waals surface area contributed by atoms with Crippen LogP contribution in [0.5, 0.6) is 0 Å². The van der Waals surface area contributed by atoms with Crippen LogP contribution in [0.15, 0.2) is 17.3 Å². The van der Waals surface area contributed by atoms with Crippen molar-refractivity contribution in [3.05, 3.63) is 12.4 Å². The van der Waals surface area contributed by atoms with E-state index < -0.39 is 10.0 Å². The Balaban J connectivity index is 1.66. The van der Waals surface area contributed by atoms with Gasteiger partial charge in [-0.25, -0.2) is 13.1 Å². The molecule has 9 heteroatoms. The molecule has 2 N–H and O–H groups in total. The maximum absolute atomic E-state index is 12.6. The predicted molar refractivity (Wildman–Crippen MR) is 88.3 cm³/mol. The maximum atomic E-state index is 12.6. The lowest BCUT2D eigenvalue weighted by Crippen LogP contribution is -2.47. The topological polar surface area (TPSA) is 94.5 Å². The number of hydrogen-bond donors (Lipinski definition) is 2. The molecule has 2 aliphatic heterocycles. The van der Waals surface area contributed by atoms with Crippen molar-refractivity contribution in [3.8, 4) is 0 Å². The molecule has 1 atom stereocenters. The monoisotopic (exact) mass is 358 g/mol. The molecule has 8 nitrogen and oxygen atoms in total. The summed E-state index contributed by atoms with van der Waals surface area (Å²) in [5.41, 5.74) is -0.150. The zero-order chi connectivity index (χ0) is 17.0. The van der Waals surface area contributed by atoms with Crippen LogP contribution in [0.25, 0.3) is 0 Å². The van der Waals surface area contributed by atoms with E-state index in [-0.39, 0.29) is 16.4 Å². The fourth-order valence-electron chi connectivity index (χ4n) is 3.36. The lowest BCUT2D eigenvalue weighted by Gasteiger charge is -2.37. The van der Waals surface area contributed by atoms with Crippen LogP contribution < -0.4 is 10.0 Å². The van der Waals surface area contributed by atoms with Gasteiger partial charge in [-0.1, -0.05) is 0 Å². The minimum Gasteiger partial charge on any atom is -0.384 e. The Hall–Kier alpha value is -1.00. The first-order chi connectivity index (χ1) is 11.5. The van der Waals surface area contributed by atoms with Crippen LogP contribution >= 0.6 is 0 Å². The van der Waals surface area contributed by atoms with Gasteiger partial charge in [-0.2, -0.15) is 5.10 Å². The molecule has 2 aliphatic rings. The molecule has 0 spiro atoms. The standard InChI is InChI=1S/C15H26N4O4S/c1-22-12-15(3-5-16-6-4-15)11-18-24(20,21)14-8-17-19(9-14)13-2-7-23-10-13/h8-9,13,16,18H,2-7,10-12H2,1H3. The van der Waals surface area contributed by atoms with Gasteiger partial charge in [-0.05, 0) is 32.4 Å². The average molecular weight is 358 g/mol. The first kappa shape index (κ1) is 17.8. The minimum absolute atomic E-state index is 0.123. The number of methoxy groups -OCH3 is 1. The predicted octanol–water partition coefficient (Wildman–Crippen LogP) is 0.139. The van der Waals surface area contributed by atoms with Crippen molar-refractivity contribution >= 4 is 10.0 Å². The summed E-state index contributed by atoms with van der Waals surface area (Å²) in [6, 6.07) is 0.123. The zero-order valence-corrected chi connectivity index (χ0v) is 14.8. The number of aromatic nitrogens is 2.